The zero-order chi connectivity index (χ0) is 13.7. The maximum absolute atomic E-state index is 13.7. The molecule has 104 valence electrons. The number of aliphatic hydroxyl groups excluding tert-OH is 1. The quantitative estimate of drug-likeness (QED) is 0.902. The lowest BCUT2D eigenvalue weighted by Gasteiger charge is -2.20. The Morgan fingerprint density at radius 1 is 1.45 bits per heavy atom. The summed E-state index contributed by atoms with van der Waals surface area (Å²) in [6.07, 6.45) is 7.18. The van der Waals surface area contributed by atoms with Crippen molar-refractivity contribution in [2.75, 3.05) is 0 Å². The molecule has 1 aromatic heterocycles. The highest BCUT2D eigenvalue weighted by molar-refractivity contribution is 5.44. The summed E-state index contributed by atoms with van der Waals surface area (Å²) in [6, 6.07) is 4.75. The molecule has 0 spiro atoms. The molecule has 20 heavy (non-hydrogen) atoms. The summed E-state index contributed by atoms with van der Waals surface area (Å²) in [7, 11) is 0. The highest BCUT2D eigenvalue weighted by Crippen LogP contribution is 2.65. The number of halogens is 1. The molecule has 0 radical (unpaired) electrons. The normalized spacial score (nSPS) is 29.2. The monoisotopic (exact) mass is 272 g/mol. The van der Waals surface area contributed by atoms with Crippen molar-refractivity contribution in [3.05, 3.63) is 53.4 Å². The van der Waals surface area contributed by atoms with E-state index >= 15 is 0 Å². The van der Waals surface area contributed by atoms with E-state index in [9.17, 15) is 9.50 Å². The second kappa shape index (κ2) is 4.16. The lowest BCUT2D eigenvalue weighted by molar-refractivity contribution is 0.208. The molecule has 3 unspecified atom stereocenters. The van der Waals surface area contributed by atoms with Crippen molar-refractivity contribution in [2.45, 2.75) is 37.2 Å². The van der Waals surface area contributed by atoms with E-state index in [0.717, 1.165) is 24.0 Å². The van der Waals surface area contributed by atoms with Crippen LogP contribution in [0.2, 0.25) is 0 Å². The van der Waals surface area contributed by atoms with Crippen molar-refractivity contribution < 1.29 is 9.50 Å². The maximum Gasteiger partial charge on any atom is 0.139 e. The minimum atomic E-state index is -0.808. The number of hydrogen-bond acceptors (Lipinski definition) is 2. The highest BCUT2D eigenvalue weighted by Gasteiger charge is 2.58. The average molecular weight is 272 g/mol. The van der Waals surface area contributed by atoms with Crippen LogP contribution in [-0.2, 0) is 5.41 Å². The average Bonchev–Trinajstić information content (AvgIpc) is 2.88. The summed E-state index contributed by atoms with van der Waals surface area (Å²) in [6.45, 7) is 0. The van der Waals surface area contributed by atoms with Gasteiger partial charge in [-0.05, 0) is 53.9 Å². The molecule has 1 aromatic carbocycles. The van der Waals surface area contributed by atoms with Crippen LogP contribution >= 0.6 is 0 Å². The van der Waals surface area contributed by atoms with E-state index in [0.29, 0.717) is 11.7 Å². The van der Waals surface area contributed by atoms with Crippen LogP contribution in [0, 0.1) is 11.7 Å². The zero-order valence-corrected chi connectivity index (χ0v) is 11.1. The molecule has 2 fully saturated rings. The molecule has 2 aliphatic carbocycles. The molecule has 3 nitrogen and oxygen atoms in total. The van der Waals surface area contributed by atoms with E-state index in [1.807, 2.05) is 0 Å². The molecular weight excluding hydrogens is 255 g/mol. The van der Waals surface area contributed by atoms with Crippen molar-refractivity contribution in [3.63, 3.8) is 0 Å². The first kappa shape index (κ1) is 12.1. The topological polar surface area (TPSA) is 48.9 Å². The summed E-state index contributed by atoms with van der Waals surface area (Å²) in [5.41, 5.74) is 1.90. The van der Waals surface area contributed by atoms with Gasteiger partial charge in [0.05, 0.1) is 0 Å². The van der Waals surface area contributed by atoms with E-state index in [4.69, 9.17) is 0 Å². The molecule has 1 heterocycles. The van der Waals surface area contributed by atoms with Gasteiger partial charge in [-0.1, -0.05) is 12.5 Å². The third kappa shape index (κ3) is 1.64. The van der Waals surface area contributed by atoms with E-state index in [1.165, 1.54) is 18.9 Å². The number of aliphatic hydroxyl groups is 1. The number of nitrogens with one attached hydrogen (secondary N) is 1. The van der Waals surface area contributed by atoms with Crippen LogP contribution in [-0.4, -0.2) is 15.1 Å². The molecule has 4 heteroatoms. The Morgan fingerprint density at radius 3 is 3.00 bits per heavy atom. The van der Waals surface area contributed by atoms with E-state index in [2.05, 4.69) is 9.97 Å². The van der Waals surface area contributed by atoms with Gasteiger partial charge < -0.3 is 10.1 Å². The van der Waals surface area contributed by atoms with Crippen molar-refractivity contribution in [1.29, 1.82) is 0 Å². The van der Waals surface area contributed by atoms with Gasteiger partial charge in [-0.2, -0.15) is 0 Å². The fraction of sp³-hybridized carbons (Fsp3) is 0.438. The molecule has 0 bridgehead atoms. The molecule has 2 N–H and O–H groups in total. The van der Waals surface area contributed by atoms with E-state index in [-0.39, 0.29) is 11.2 Å². The number of hydrogen-bond donors (Lipinski definition) is 2. The fourth-order valence-electron chi connectivity index (χ4n) is 3.97. The Balaban J connectivity index is 1.80. The third-order valence-electron chi connectivity index (χ3n) is 5.03. The number of imidazole rings is 1. The third-order valence-corrected chi connectivity index (χ3v) is 5.03. The molecule has 3 atom stereocenters. The second-order valence-corrected chi connectivity index (χ2v) is 6.06. The Labute approximate surface area is 116 Å². The minimum Gasteiger partial charge on any atom is -0.380 e. The largest absolute Gasteiger partial charge is 0.380 e. The van der Waals surface area contributed by atoms with Crippen LogP contribution in [0.25, 0.3) is 0 Å². The lowest BCUT2D eigenvalue weighted by Crippen LogP contribution is -2.14. The van der Waals surface area contributed by atoms with Gasteiger partial charge in [0.2, 0.25) is 0 Å². The van der Waals surface area contributed by atoms with Crippen LogP contribution < -0.4 is 0 Å². The Morgan fingerprint density at radius 2 is 2.35 bits per heavy atom. The number of H-pyrrole nitrogens is 1. The van der Waals surface area contributed by atoms with Gasteiger partial charge in [0, 0.05) is 12.4 Å². The summed E-state index contributed by atoms with van der Waals surface area (Å²) >= 11 is 0. The number of benzene rings is 1. The standard InChI is InChI=1S/C16H17FN2O/c17-11-3-4-12(14(20)15-18-6-7-19-15)13(8-11)16-5-1-2-10(16)9-16/h3-4,6-8,10,14,20H,1-2,5,9H2,(H,18,19). The molecule has 2 saturated carbocycles. The molecule has 4 rings (SSSR count). The number of aromatic nitrogens is 2. The maximum atomic E-state index is 13.7. The number of fused-ring (bicyclic) bond motifs is 1. The van der Waals surface area contributed by atoms with E-state index < -0.39 is 6.10 Å². The molecule has 2 aliphatic rings. The summed E-state index contributed by atoms with van der Waals surface area (Å²) < 4.78 is 13.7. The summed E-state index contributed by atoms with van der Waals surface area (Å²) in [4.78, 5) is 7.06. The van der Waals surface area contributed by atoms with Gasteiger partial charge in [-0.15, -0.1) is 0 Å². The lowest BCUT2D eigenvalue weighted by atomic mass is 9.87. The number of rotatable bonds is 3. The Kier molecular flexibility index (Phi) is 2.51. The highest BCUT2D eigenvalue weighted by atomic mass is 19.1. The summed E-state index contributed by atoms with van der Waals surface area (Å²) in [5.74, 6) is 0.971. The van der Waals surface area contributed by atoms with Crippen molar-refractivity contribution >= 4 is 0 Å². The summed E-state index contributed by atoms with van der Waals surface area (Å²) in [5, 5.41) is 10.5. The van der Waals surface area contributed by atoms with Crippen LogP contribution in [0.15, 0.2) is 30.6 Å². The SMILES string of the molecule is OC(c1ncc[nH]1)c1ccc(F)cc1C12CCCC1C2. The van der Waals surface area contributed by atoms with Gasteiger partial charge in [0.25, 0.3) is 0 Å². The van der Waals surface area contributed by atoms with Crippen LogP contribution in [0.5, 0.6) is 0 Å². The van der Waals surface area contributed by atoms with Gasteiger partial charge in [0.15, 0.2) is 0 Å². The smallest absolute Gasteiger partial charge is 0.139 e. The van der Waals surface area contributed by atoms with Crippen molar-refractivity contribution in [1.82, 2.24) is 9.97 Å². The molecule has 0 aliphatic heterocycles. The second-order valence-electron chi connectivity index (χ2n) is 6.06. The van der Waals surface area contributed by atoms with Gasteiger partial charge in [-0.25, -0.2) is 9.37 Å². The molecule has 0 amide bonds. The molecule has 2 aromatic rings. The minimum absolute atomic E-state index is 0.116. The van der Waals surface area contributed by atoms with Gasteiger partial charge >= 0.3 is 0 Å². The van der Waals surface area contributed by atoms with E-state index in [1.54, 1.807) is 24.5 Å². The first-order chi connectivity index (χ1) is 9.71. The zero-order valence-electron chi connectivity index (χ0n) is 11.1. The Hall–Kier alpha value is -1.68. The van der Waals surface area contributed by atoms with Gasteiger partial charge in [-0.3, -0.25) is 0 Å². The number of aromatic amines is 1. The van der Waals surface area contributed by atoms with Gasteiger partial charge in [0.1, 0.15) is 17.7 Å². The van der Waals surface area contributed by atoms with Crippen LogP contribution in [0.4, 0.5) is 4.39 Å². The molecule has 0 saturated heterocycles. The first-order valence-electron chi connectivity index (χ1n) is 7.18. The van der Waals surface area contributed by atoms with Crippen molar-refractivity contribution in [3.8, 4) is 0 Å². The predicted octanol–water partition coefficient (Wildman–Crippen LogP) is 3.07. The van der Waals surface area contributed by atoms with Crippen LogP contribution in [0.1, 0.15) is 48.7 Å². The predicted molar refractivity (Wildman–Crippen MR) is 72.7 cm³/mol. The van der Waals surface area contributed by atoms with Crippen molar-refractivity contribution in [2.24, 2.45) is 5.92 Å². The van der Waals surface area contributed by atoms with Crippen LogP contribution in [0.3, 0.4) is 0 Å². The fourth-order valence-corrected chi connectivity index (χ4v) is 3.97. The Bertz CT molecular complexity index is 640. The number of nitrogens with zero attached hydrogens (tertiary/aromatic N) is 1. The molecular formula is C16H17FN2O. The first-order valence-corrected chi connectivity index (χ1v) is 7.18.